The first-order valence-corrected chi connectivity index (χ1v) is 10.5. The summed E-state index contributed by atoms with van der Waals surface area (Å²) in [7, 11) is 0. The molecule has 0 saturated carbocycles. The minimum Gasteiger partial charge on any atom is -0.481 e. The van der Waals surface area contributed by atoms with Crippen LogP contribution in [0.25, 0.3) is 22.6 Å². The number of aromatic nitrogens is 2. The number of rotatable bonds is 6. The van der Waals surface area contributed by atoms with Crippen LogP contribution in [0.4, 0.5) is 5.69 Å². The number of aliphatic carboxylic acids is 1. The van der Waals surface area contributed by atoms with Crippen LogP contribution < -0.4 is 10.9 Å². The standard InChI is InChI=1S/C25H25N3O4/c1-25(2,15-22(30)31)14-21(29)26-18-8-9-19-20(13-18)27-23-17(10-11-28(23)24(19)32)12-16-6-4-3-5-7-16/h3-9,12-13H,10-11,14-15H2,1-2H3,(H,26,29)(H,30,31)/b17-12+. The largest absolute Gasteiger partial charge is 0.481 e. The zero-order valence-corrected chi connectivity index (χ0v) is 18.1. The molecule has 1 aliphatic heterocycles. The van der Waals surface area contributed by atoms with E-state index in [1.807, 2.05) is 36.4 Å². The van der Waals surface area contributed by atoms with Gasteiger partial charge < -0.3 is 10.4 Å². The minimum atomic E-state index is -0.939. The van der Waals surface area contributed by atoms with Crippen LogP contribution >= 0.6 is 0 Å². The zero-order chi connectivity index (χ0) is 22.9. The Balaban J connectivity index is 1.63. The SMILES string of the molecule is CC(C)(CC(=O)O)CC(=O)Nc1ccc2c(=O)n3c(nc2c1)/C(=C/c1ccccc1)CC3. The quantitative estimate of drug-likeness (QED) is 0.610. The lowest BCUT2D eigenvalue weighted by Crippen LogP contribution is -2.25. The van der Waals surface area contributed by atoms with E-state index in [1.54, 1.807) is 36.6 Å². The minimum absolute atomic E-state index is 0.0710. The highest BCUT2D eigenvalue weighted by Gasteiger charge is 2.25. The highest BCUT2D eigenvalue weighted by Crippen LogP contribution is 2.29. The van der Waals surface area contributed by atoms with Gasteiger partial charge in [0.2, 0.25) is 5.91 Å². The number of hydrogen-bond acceptors (Lipinski definition) is 4. The summed E-state index contributed by atoms with van der Waals surface area (Å²) < 4.78 is 1.70. The van der Waals surface area contributed by atoms with E-state index < -0.39 is 11.4 Å². The third kappa shape index (κ3) is 4.61. The van der Waals surface area contributed by atoms with E-state index >= 15 is 0 Å². The lowest BCUT2D eigenvalue weighted by atomic mass is 9.85. The fraction of sp³-hybridized carbons (Fsp3) is 0.280. The average molecular weight is 431 g/mol. The number of fused-ring (bicyclic) bond motifs is 2. The van der Waals surface area contributed by atoms with Crippen molar-refractivity contribution in [3.05, 3.63) is 70.3 Å². The topological polar surface area (TPSA) is 101 Å². The molecule has 2 aromatic carbocycles. The number of hydrogen-bond donors (Lipinski definition) is 2. The monoisotopic (exact) mass is 431 g/mol. The van der Waals surface area contributed by atoms with Crippen LogP contribution in [0.3, 0.4) is 0 Å². The molecule has 0 radical (unpaired) electrons. The number of carbonyl (C=O) groups excluding carboxylic acids is 1. The van der Waals surface area contributed by atoms with Gasteiger partial charge in [-0.2, -0.15) is 0 Å². The Morgan fingerprint density at radius 3 is 2.62 bits per heavy atom. The van der Waals surface area contributed by atoms with Crippen molar-refractivity contribution in [2.75, 3.05) is 5.32 Å². The number of benzene rings is 2. The molecule has 2 heterocycles. The molecule has 0 unspecified atom stereocenters. The van der Waals surface area contributed by atoms with E-state index in [0.29, 0.717) is 29.0 Å². The number of nitrogens with zero attached hydrogens (tertiary/aromatic N) is 2. The van der Waals surface area contributed by atoms with Gasteiger partial charge in [-0.25, -0.2) is 4.98 Å². The van der Waals surface area contributed by atoms with E-state index in [9.17, 15) is 14.4 Å². The normalized spacial score (nSPS) is 14.5. The Hall–Kier alpha value is -3.74. The molecule has 3 aromatic rings. The summed E-state index contributed by atoms with van der Waals surface area (Å²) in [5.41, 5.74) is 2.33. The number of carboxylic acid groups (broad SMARTS) is 1. The summed E-state index contributed by atoms with van der Waals surface area (Å²) in [5, 5.41) is 12.3. The molecule has 7 heteroatoms. The predicted molar refractivity (Wildman–Crippen MR) is 124 cm³/mol. The number of nitrogens with one attached hydrogen (secondary N) is 1. The van der Waals surface area contributed by atoms with Gasteiger partial charge in [0.1, 0.15) is 5.82 Å². The maximum absolute atomic E-state index is 13.0. The molecule has 164 valence electrons. The average Bonchev–Trinajstić information content (AvgIpc) is 3.10. The Labute approximate surface area is 185 Å². The van der Waals surface area contributed by atoms with Gasteiger partial charge >= 0.3 is 5.97 Å². The summed E-state index contributed by atoms with van der Waals surface area (Å²) in [6, 6.07) is 15.0. The van der Waals surface area contributed by atoms with Gasteiger partial charge in [-0.05, 0) is 47.2 Å². The van der Waals surface area contributed by atoms with Crippen molar-refractivity contribution in [2.45, 2.75) is 39.7 Å². The molecule has 7 nitrogen and oxygen atoms in total. The summed E-state index contributed by atoms with van der Waals surface area (Å²) in [5.74, 6) is -0.568. The van der Waals surface area contributed by atoms with Crippen molar-refractivity contribution >= 4 is 40.1 Å². The number of anilines is 1. The van der Waals surface area contributed by atoms with E-state index in [4.69, 9.17) is 10.1 Å². The Morgan fingerprint density at radius 1 is 1.16 bits per heavy atom. The van der Waals surface area contributed by atoms with Crippen LogP contribution in [-0.4, -0.2) is 26.5 Å². The predicted octanol–water partition coefficient (Wildman–Crippen LogP) is 4.17. The summed E-state index contributed by atoms with van der Waals surface area (Å²) in [4.78, 5) is 41.2. The van der Waals surface area contributed by atoms with Crippen molar-refractivity contribution < 1.29 is 14.7 Å². The van der Waals surface area contributed by atoms with Gasteiger partial charge in [-0.3, -0.25) is 19.0 Å². The fourth-order valence-electron chi connectivity index (χ4n) is 4.09. The molecule has 1 amide bonds. The maximum atomic E-state index is 13.0. The molecule has 0 fully saturated rings. The Bertz CT molecular complexity index is 1290. The van der Waals surface area contributed by atoms with E-state index in [0.717, 1.165) is 17.6 Å². The van der Waals surface area contributed by atoms with Crippen LogP contribution in [0.5, 0.6) is 0 Å². The van der Waals surface area contributed by atoms with Crippen molar-refractivity contribution in [2.24, 2.45) is 5.41 Å². The van der Waals surface area contributed by atoms with Gasteiger partial charge in [-0.15, -0.1) is 0 Å². The third-order valence-corrected chi connectivity index (χ3v) is 5.54. The fourth-order valence-corrected chi connectivity index (χ4v) is 4.09. The summed E-state index contributed by atoms with van der Waals surface area (Å²) >= 11 is 0. The molecule has 1 aliphatic rings. The van der Waals surface area contributed by atoms with E-state index in [2.05, 4.69) is 5.32 Å². The number of allylic oxidation sites excluding steroid dienone is 1. The highest BCUT2D eigenvalue weighted by molar-refractivity contribution is 5.94. The lowest BCUT2D eigenvalue weighted by Gasteiger charge is -2.21. The number of carbonyl (C=O) groups is 2. The van der Waals surface area contributed by atoms with Gasteiger partial charge in [0.25, 0.3) is 5.56 Å². The van der Waals surface area contributed by atoms with Crippen molar-refractivity contribution in [1.29, 1.82) is 0 Å². The third-order valence-electron chi connectivity index (χ3n) is 5.54. The molecule has 0 spiro atoms. The second-order valence-electron chi connectivity index (χ2n) is 8.91. The molecular formula is C25H25N3O4. The summed E-state index contributed by atoms with van der Waals surface area (Å²) in [6.45, 7) is 4.08. The molecule has 0 aliphatic carbocycles. The molecule has 0 atom stereocenters. The van der Waals surface area contributed by atoms with Crippen LogP contribution in [-0.2, 0) is 16.1 Å². The second-order valence-corrected chi connectivity index (χ2v) is 8.91. The Kier molecular flexibility index (Phi) is 5.65. The molecule has 4 rings (SSSR count). The number of carboxylic acids is 1. The van der Waals surface area contributed by atoms with Gasteiger partial charge in [0.15, 0.2) is 0 Å². The van der Waals surface area contributed by atoms with Gasteiger partial charge in [0.05, 0.1) is 17.3 Å². The number of amides is 1. The van der Waals surface area contributed by atoms with Gasteiger partial charge in [0, 0.05) is 18.7 Å². The highest BCUT2D eigenvalue weighted by atomic mass is 16.4. The zero-order valence-electron chi connectivity index (χ0n) is 18.1. The first-order valence-electron chi connectivity index (χ1n) is 10.5. The van der Waals surface area contributed by atoms with Crippen molar-refractivity contribution in [3.8, 4) is 0 Å². The van der Waals surface area contributed by atoms with Crippen molar-refractivity contribution in [3.63, 3.8) is 0 Å². The van der Waals surface area contributed by atoms with Gasteiger partial charge in [-0.1, -0.05) is 44.2 Å². The second kappa shape index (κ2) is 8.42. The molecule has 0 bridgehead atoms. The molecule has 1 aromatic heterocycles. The molecule has 0 saturated heterocycles. The van der Waals surface area contributed by atoms with Crippen molar-refractivity contribution in [1.82, 2.24) is 9.55 Å². The van der Waals surface area contributed by atoms with Crippen LogP contribution in [0.15, 0.2) is 53.3 Å². The molecule has 2 N–H and O–H groups in total. The maximum Gasteiger partial charge on any atom is 0.303 e. The van der Waals surface area contributed by atoms with Crippen LogP contribution in [0.2, 0.25) is 0 Å². The van der Waals surface area contributed by atoms with Crippen LogP contribution in [0.1, 0.15) is 44.5 Å². The smallest absolute Gasteiger partial charge is 0.303 e. The molecule has 32 heavy (non-hydrogen) atoms. The summed E-state index contributed by atoms with van der Waals surface area (Å²) in [6.07, 6.45) is 2.75. The Morgan fingerprint density at radius 2 is 1.91 bits per heavy atom. The first kappa shape index (κ1) is 21.5. The van der Waals surface area contributed by atoms with E-state index in [1.165, 1.54) is 0 Å². The lowest BCUT2D eigenvalue weighted by molar-refractivity contribution is -0.139. The van der Waals surface area contributed by atoms with E-state index in [-0.39, 0.29) is 24.3 Å². The van der Waals surface area contributed by atoms with Crippen LogP contribution in [0, 0.1) is 5.41 Å². The molecular weight excluding hydrogens is 406 g/mol. The first-order chi connectivity index (χ1) is 15.2.